The molecule has 1 saturated heterocycles. The average Bonchev–Trinajstić information content (AvgIpc) is 2.64. The summed E-state index contributed by atoms with van der Waals surface area (Å²) in [7, 11) is -4.71. The Balaban J connectivity index is 2.18. The highest BCUT2D eigenvalue weighted by molar-refractivity contribution is 7.46. The first-order chi connectivity index (χ1) is 9.69. The average molecular weight is 323 g/mol. The fourth-order valence-electron chi connectivity index (χ4n) is 1.94. The molecule has 0 amide bonds. The van der Waals surface area contributed by atoms with E-state index in [0.717, 1.165) is 16.8 Å². The van der Waals surface area contributed by atoms with E-state index in [1.807, 2.05) is 4.98 Å². The molecule has 0 bridgehead atoms. The van der Waals surface area contributed by atoms with Crippen LogP contribution >= 0.6 is 7.82 Å². The Hall–Kier alpha value is -1.33. The van der Waals surface area contributed by atoms with E-state index >= 15 is 0 Å². The highest BCUT2D eigenvalue weighted by atomic mass is 31.2. The van der Waals surface area contributed by atoms with E-state index in [4.69, 9.17) is 20.3 Å². The molecule has 1 aromatic rings. The molecule has 0 aliphatic carbocycles. The lowest BCUT2D eigenvalue weighted by Crippen LogP contribution is -2.42. The van der Waals surface area contributed by atoms with Crippen LogP contribution in [0, 0.1) is 0 Å². The van der Waals surface area contributed by atoms with Crippen LogP contribution in [0.4, 0.5) is 0 Å². The van der Waals surface area contributed by atoms with Crippen LogP contribution in [0.5, 0.6) is 0 Å². The standard InChI is InChI=1S/C9H14N3O8P/c10-6-4(3-19-21(16,17)18)20-8(7(6)14)12-2-1-5(13)11-9(12)15/h1-2,4,6-8,14H,3,10H2,(H,11,13,15)(H2,16,17,18)/t4-,6-,7-,8-/m1/s1. The molecule has 12 heteroatoms. The summed E-state index contributed by atoms with van der Waals surface area (Å²) in [5.41, 5.74) is 4.24. The van der Waals surface area contributed by atoms with Crippen LogP contribution in [0.3, 0.4) is 0 Å². The molecule has 0 aromatic carbocycles. The normalized spacial score (nSPS) is 29.7. The van der Waals surface area contributed by atoms with Gasteiger partial charge in [-0.05, 0) is 0 Å². The lowest BCUT2D eigenvalue weighted by atomic mass is 10.1. The Morgan fingerprint density at radius 3 is 2.71 bits per heavy atom. The molecule has 1 aromatic heterocycles. The van der Waals surface area contributed by atoms with E-state index in [-0.39, 0.29) is 0 Å². The first-order valence-electron chi connectivity index (χ1n) is 5.80. The predicted molar refractivity (Wildman–Crippen MR) is 67.2 cm³/mol. The van der Waals surface area contributed by atoms with Crippen molar-refractivity contribution in [2.45, 2.75) is 24.5 Å². The molecule has 4 atom stereocenters. The largest absolute Gasteiger partial charge is 0.469 e. The molecule has 1 aliphatic rings. The summed E-state index contributed by atoms with van der Waals surface area (Å²) < 4.78 is 21.1. The van der Waals surface area contributed by atoms with Crippen LogP contribution in [0.2, 0.25) is 0 Å². The molecule has 118 valence electrons. The number of aliphatic hydroxyl groups excluding tert-OH is 1. The zero-order valence-electron chi connectivity index (χ0n) is 10.5. The minimum atomic E-state index is -4.71. The molecular weight excluding hydrogens is 309 g/mol. The number of aromatic amines is 1. The molecule has 11 nitrogen and oxygen atoms in total. The van der Waals surface area contributed by atoms with Crippen molar-refractivity contribution in [3.63, 3.8) is 0 Å². The van der Waals surface area contributed by atoms with Crippen LogP contribution in [-0.2, 0) is 13.8 Å². The Kier molecular flexibility index (Phi) is 4.44. The van der Waals surface area contributed by atoms with E-state index in [0.29, 0.717) is 0 Å². The number of nitrogens with zero attached hydrogens (tertiary/aromatic N) is 1. The number of aliphatic hydroxyl groups is 1. The van der Waals surface area contributed by atoms with Gasteiger partial charge in [-0.3, -0.25) is 18.9 Å². The fraction of sp³-hybridized carbons (Fsp3) is 0.556. The summed E-state index contributed by atoms with van der Waals surface area (Å²) in [5, 5.41) is 9.95. The van der Waals surface area contributed by atoms with Crippen molar-refractivity contribution in [3.8, 4) is 0 Å². The minimum absolute atomic E-state index is 0.558. The third-order valence-corrected chi connectivity index (χ3v) is 3.45. The van der Waals surface area contributed by atoms with Gasteiger partial charge >= 0.3 is 13.5 Å². The number of H-pyrrole nitrogens is 1. The maximum Gasteiger partial charge on any atom is 0.469 e. The number of nitrogens with two attached hydrogens (primary N) is 1. The fourth-order valence-corrected chi connectivity index (χ4v) is 2.28. The molecule has 0 spiro atoms. The zero-order valence-corrected chi connectivity index (χ0v) is 11.4. The first-order valence-corrected chi connectivity index (χ1v) is 7.33. The van der Waals surface area contributed by atoms with E-state index in [1.54, 1.807) is 0 Å². The Morgan fingerprint density at radius 2 is 2.14 bits per heavy atom. The lowest BCUT2D eigenvalue weighted by Gasteiger charge is -2.16. The van der Waals surface area contributed by atoms with Crippen molar-refractivity contribution in [3.05, 3.63) is 33.1 Å². The number of ether oxygens (including phenoxy) is 1. The summed E-state index contributed by atoms with van der Waals surface area (Å²) in [6, 6.07) is 0.0306. The van der Waals surface area contributed by atoms with Gasteiger partial charge in [0, 0.05) is 12.3 Å². The minimum Gasteiger partial charge on any atom is -0.387 e. The monoisotopic (exact) mass is 323 g/mol. The van der Waals surface area contributed by atoms with Gasteiger partial charge in [0.2, 0.25) is 0 Å². The van der Waals surface area contributed by atoms with E-state index in [2.05, 4.69) is 4.52 Å². The molecule has 1 fully saturated rings. The summed E-state index contributed by atoms with van der Waals surface area (Å²) in [6.07, 6.45) is -2.43. The molecule has 2 rings (SSSR count). The van der Waals surface area contributed by atoms with Crippen LogP contribution in [0.15, 0.2) is 21.9 Å². The quantitative estimate of drug-likeness (QED) is 0.367. The number of nitrogens with one attached hydrogen (secondary N) is 1. The zero-order chi connectivity index (χ0) is 15.8. The molecule has 1 aliphatic heterocycles. The second-order valence-electron chi connectivity index (χ2n) is 4.44. The van der Waals surface area contributed by atoms with Gasteiger partial charge in [0.15, 0.2) is 6.23 Å². The third kappa shape index (κ3) is 3.66. The first kappa shape index (κ1) is 16.0. The second kappa shape index (κ2) is 5.81. The van der Waals surface area contributed by atoms with Gasteiger partial charge < -0.3 is 25.4 Å². The van der Waals surface area contributed by atoms with Gasteiger partial charge in [0.25, 0.3) is 5.56 Å². The lowest BCUT2D eigenvalue weighted by molar-refractivity contribution is -0.0526. The maximum absolute atomic E-state index is 11.6. The van der Waals surface area contributed by atoms with Crippen LogP contribution in [-0.4, -0.2) is 49.3 Å². The van der Waals surface area contributed by atoms with Crippen LogP contribution < -0.4 is 17.0 Å². The van der Waals surface area contributed by atoms with Gasteiger partial charge in [-0.25, -0.2) is 9.36 Å². The molecule has 21 heavy (non-hydrogen) atoms. The van der Waals surface area contributed by atoms with Crippen molar-refractivity contribution in [1.29, 1.82) is 0 Å². The number of aromatic nitrogens is 2. The smallest absolute Gasteiger partial charge is 0.387 e. The van der Waals surface area contributed by atoms with Crippen LogP contribution in [0.1, 0.15) is 6.23 Å². The molecule has 0 radical (unpaired) electrons. The third-order valence-electron chi connectivity index (χ3n) is 2.96. The number of hydrogen-bond acceptors (Lipinski definition) is 7. The van der Waals surface area contributed by atoms with Crippen molar-refractivity contribution in [1.82, 2.24) is 9.55 Å². The van der Waals surface area contributed by atoms with Gasteiger partial charge in [0.1, 0.15) is 12.2 Å². The molecule has 2 heterocycles. The van der Waals surface area contributed by atoms with E-state index in [1.165, 1.54) is 0 Å². The SMILES string of the molecule is N[C@H]1[C@@H](O)[C@H](n2ccc(=O)[nH]c2=O)O[C@@H]1COP(=O)(O)O. The molecule has 0 saturated carbocycles. The van der Waals surface area contributed by atoms with E-state index in [9.17, 15) is 19.3 Å². The highest BCUT2D eigenvalue weighted by Gasteiger charge is 2.43. The second-order valence-corrected chi connectivity index (χ2v) is 5.68. The highest BCUT2D eigenvalue weighted by Crippen LogP contribution is 2.37. The summed E-state index contributed by atoms with van der Waals surface area (Å²) in [5.74, 6) is 0. The van der Waals surface area contributed by atoms with Gasteiger partial charge in [-0.15, -0.1) is 0 Å². The Labute approximate surface area is 117 Å². The van der Waals surface area contributed by atoms with Crippen molar-refractivity contribution < 1.29 is 28.7 Å². The predicted octanol–water partition coefficient (Wildman–Crippen LogP) is -2.77. The van der Waals surface area contributed by atoms with Gasteiger partial charge in [-0.1, -0.05) is 0 Å². The number of hydrogen-bond donors (Lipinski definition) is 5. The Morgan fingerprint density at radius 1 is 1.48 bits per heavy atom. The van der Waals surface area contributed by atoms with Crippen molar-refractivity contribution >= 4 is 7.82 Å². The van der Waals surface area contributed by atoms with Crippen LogP contribution in [0.25, 0.3) is 0 Å². The summed E-state index contributed by atoms with van der Waals surface area (Å²) >= 11 is 0. The number of phosphoric acid groups is 1. The molecule has 0 unspecified atom stereocenters. The topological polar surface area (TPSA) is 177 Å². The summed E-state index contributed by atoms with van der Waals surface area (Å²) in [4.78, 5) is 41.8. The van der Waals surface area contributed by atoms with Crippen molar-refractivity contribution in [2.24, 2.45) is 5.73 Å². The van der Waals surface area contributed by atoms with Crippen molar-refractivity contribution in [2.75, 3.05) is 6.61 Å². The molecular formula is C9H14N3O8P. The van der Waals surface area contributed by atoms with Gasteiger partial charge in [0.05, 0.1) is 12.6 Å². The van der Waals surface area contributed by atoms with Gasteiger partial charge in [-0.2, -0.15) is 0 Å². The number of rotatable bonds is 4. The molecule has 6 N–H and O–H groups in total. The van der Waals surface area contributed by atoms with E-state index < -0.39 is 50.2 Å². The Bertz CT molecular complexity index is 665. The number of phosphoric ester groups is 1. The maximum atomic E-state index is 11.6. The summed E-state index contributed by atoms with van der Waals surface area (Å²) in [6.45, 7) is -0.558.